The third-order valence-corrected chi connectivity index (χ3v) is 7.12. The van der Waals surface area contributed by atoms with E-state index >= 15 is 0 Å². The standard InChI is InChI=1S/C25H29N3OS/c30-24(27-25-13-20-10-21(14-25)12-22(11-20)15-25)28-26-16-18-6-8-23(9-7-18)29-17-19-4-2-1-3-5-19/h1-9,16,20-22H,10-15,17H2,(H2,27,28,30). The first-order valence-corrected chi connectivity index (χ1v) is 11.4. The van der Waals surface area contributed by atoms with E-state index in [-0.39, 0.29) is 5.54 Å². The molecule has 0 amide bonds. The van der Waals surface area contributed by atoms with Gasteiger partial charge in [0.2, 0.25) is 0 Å². The number of thiocarbonyl (C=S) groups is 1. The minimum atomic E-state index is 0.214. The number of rotatable bonds is 6. The number of hydrogen-bond donors (Lipinski definition) is 2. The predicted octanol–water partition coefficient (Wildman–Crippen LogP) is 5.03. The molecule has 5 heteroatoms. The van der Waals surface area contributed by atoms with Crippen LogP contribution in [0, 0.1) is 17.8 Å². The largest absolute Gasteiger partial charge is 0.489 e. The van der Waals surface area contributed by atoms with Crippen LogP contribution in [-0.2, 0) is 6.61 Å². The fraction of sp³-hybridized carbons (Fsp3) is 0.440. The average molecular weight is 420 g/mol. The summed E-state index contributed by atoms with van der Waals surface area (Å²) in [4.78, 5) is 0. The molecule has 0 radical (unpaired) electrons. The third-order valence-electron chi connectivity index (χ3n) is 6.93. The quantitative estimate of drug-likeness (QED) is 0.391. The van der Waals surface area contributed by atoms with Crippen molar-refractivity contribution in [3.63, 3.8) is 0 Å². The molecule has 0 atom stereocenters. The number of nitrogens with one attached hydrogen (secondary N) is 2. The van der Waals surface area contributed by atoms with Crippen LogP contribution in [0.15, 0.2) is 59.7 Å². The van der Waals surface area contributed by atoms with Gasteiger partial charge in [-0.1, -0.05) is 30.3 Å². The molecule has 0 aromatic heterocycles. The van der Waals surface area contributed by atoms with Crippen LogP contribution in [0.4, 0.5) is 0 Å². The zero-order chi connectivity index (χ0) is 20.4. The molecule has 156 valence electrons. The summed E-state index contributed by atoms with van der Waals surface area (Å²) in [5, 5.41) is 8.63. The number of hydrazone groups is 1. The molecule has 0 unspecified atom stereocenters. The highest BCUT2D eigenvalue weighted by atomic mass is 32.1. The van der Waals surface area contributed by atoms with Crippen molar-refractivity contribution in [2.24, 2.45) is 22.9 Å². The van der Waals surface area contributed by atoms with Gasteiger partial charge in [-0.15, -0.1) is 0 Å². The molecule has 0 aliphatic heterocycles. The first kappa shape index (κ1) is 19.6. The van der Waals surface area contributed by atoms with Crippen molar-refractivity contribution in [2.75, 3.05) is 0 Å². The zero-order valence-corrected chi connectivity index (χ0v) is 18.0. The maximum absolute atomic E-state index is 5.83. The van der Waals surface area contributed by atoms with Gasteiger partial charge in [-0.25, -0.2) is 0 Å². The number of hydrogen-bond acceptors (Lipinski definition) is 3. The van der Waals surface area contributed by atoms with E-state index in [1.807, 2.05) is 42.5 Å². The Bertz CT molecular complexity index is 874. The molecule has 6 rings (SSSR count). The van der Waals surface area contributed by atoms with Gasteiger partial charge in [-0.3, -0.25) is 5.43 Å². The molecule has 4 aliphatic carbocycles. The van der Waals surface area contributed by atoms with Crippen LogP contribution in [0.2, 0.25) is 0 Å². The van der Waals surface area contributed by atoms with Crippen LogP contribution in [-0.4, -0.2) is 16.9 Å². The first-order valence-electron chi connectivity index (χ1n) is 11.0. The molecule has 0 saturated heterocycles. The first-order chi connectivity index (χ1) is 14.7. The summed E-state index contributed by atoms with van der Waals surface area (Å²) in [6.07, 6.45) is 9.92. The molecule has 4 fully saturated rings. The van der Waals surface area contributed by atoms with E-state index < -0.39 is 0 Å². The Morgan fingerprint density at radius 3 is 2.23 bits per heavy atom. The second-order valence-electron chi connectivity index (χ2n) is 9.37. The topological polar surface area (TPSA) is 45.7 Å². The van der Waals surface area contributed by atoms with Crippen LogP contribution >= 0.6 is 12.2 Å². The van der Waals surface area contributed by atoms with Crippen LogP contribution in [0.1, 0.15) is 49.7 Å². The molecule has 2 aromatic rings. The smallest absolute Gasteiger partial charge is 0.187 e. The Kier molecular flexibility index (Phi) is 5.47. The molecule has 4 aliphatic rings. The van der Waals surface area contributed by atoms with E-state index in [2.05, 4.69) is 28.0 Å². The Morgan fingerprint density at radius 1 is 0.967 bits per heavy atom. The number of ether oxygens (including phenoxy) is 1. The van der Waals surface area contributed by atoms with Crippen LogP contribution < -0.4 is 15.5 Å². The lowest BCUT2D eigenvalue weighted by Gasteiger charge is -2.57. The summed E-state index contributed by atoms with van der Waals surface area (Å²) in [5.41, 5.74) is 5.41. The fourth-order valence-electron chi connectivity index (χ4n) is 6.09. The summed E-state index contributed by atoms with van der Waals surface area (Å²) < 4.78 is 5.83. The zero-order valence-electron chi connectivity index (χ0n) is 17.2. The molecule has 4 bridgehead atoms. The highest BCUT2D eigenvalue weighted by molar-refractivity contribution is 7.80. The number of benzene rings is 2. The van der Waals surface area contributed by atoms with Crippen molar-refractivity contribution in [2.45, 2.75) is 50.7 Å². The van der Waals surface area contributed by atoms with Crippen molar-refractivity contribution in [3.8, 4) is 5.75 Å². The SMILES string of the molecule is S=C(NN=Cc1ccc(OCc2ccccc2)cc1)NC12CC3CC(CC(C3)C1)C2. The van der Waals surface area contributed by atoms with Crippen molar-refractivity contribution in [1.82, 2.24) is 10.7 Å². The Morgan fingerprint density at radius 2 is 1.60 bits per heavy atom. The van der Waals surface area contributed by atoms with Gasteiger partial charge in [0.05, 0.1) is 6.21 Å². The van der Waals surface area contributed by atoms with Crippen molar-refractivity contribution in [3.05, 3.63) is 65.7 Å². The average Bonchev–Trinajstić information content (AvgIpc) is 2.72. The van der Waals surface area contributed by atoms with Crippen molar-refractivity contribution < 1.29 is 4.74 Å². The van der Waals surface area contributed by atoms with Crippen LogP contribution in [0.25, 0.3) is 0 Å². The minimum Gasteiger partial charge on any atom is -0.489 e. The summed E-state index contributed by atoms with van der Waals surface area (Å²) in [6.45, 7) is 0.570. The van der Waals surface area contributed by atoms with Crippen molar-refractivity contribution in [1.29, 1.82) is 0 Å². The maximum atomic E-state index is 5.83. The van der Waals surface area contributed by atoms with Gasteiger partial charge >= 0.3 is 0 Å². The van der Waals surface area contributed by atoms with E-state index in [1.165, 1.54) is 38.5 Å². The van der Waals surface area contributed by atoms with E-state index in [0.717, 1.165) is 34.6 Å². The van der Waals surface area contributed by atoms with E-state index in [4.69, 9.17) is 17.0 Å². The third kappa shape index (κ3) is 4.51. The predicted molar refractivity (Wildman–Crippen MR) is 125 cm³/mol. The van der Waals surface area contributed by atoms with Gasteiger partial charge in [-0.05, 0) is 104 Å². The highest BCUT2D eigenvalue weighted by Crippen LogP contribution is 2.55. The van der Waals surface area contributed by atoms with Crippen LogP contribution in [0.3, 0.4) is 0 Å². The second-order valence-corrected chi connectivity index (χ2v) is 9.77. The highest BCUT2D eigenvalue weighted by Gasteiger charge is 2.51. The van der Waals surface area contributed by atoms with Gasteiger partial charge in [0.15, 0.2) is 5.11 Å². The molecule has 30 heavy (non-hydrogen) atoms. The normalized spacial score (nSPS) is 29.1. The van der Waals surface area contributed by atoms with Gasteiger partial charge in [0.1, 0.15) is 12.4 Å². The molecular formula is C25H29N3OS. The lowest BCUT2D eigenvalue weighted by molar-refractivity contribution is -0.0101. The molecule has 2 aromatic carbocycles. The molecule has 0 heterocycles. The molecular weight excluding hydrogens is 390 g/mol. The van der Waals surface area contributed by atoms with E-state index in [0.29, 0.717) is 11.7 Å². The van der Waals surface area contributed by atoms with Gasteiger partial charge in [0.25, 0.3) is 0 Å². The van der Waals surface area contributed by atoms with Gasteiger partial charge in [0, 0.05) is 5.54 Å². The summed E-state index contributed by atoms with van der Waals surface area (Å²) >= 11 is 5.55. The maximum Gasteiger partial charge on any atom is 0.187 e. The molecule has 2 N–H and O–H groups in total. The van der Waals surface area contributed by atoms with E-state index in [1.54, 1.807) is 6.21 Å². The Labute approximate surface area is 184 Å². The summed E-state index contributed by atoms with van der Waals surface area (Å²) in [7, 11) is 0. The lowest BCUT2D eigenvalue weighted by Crippen LogP contribution is -2.61. The summed E-state index contributed by atoms with van der Waals surface area (Å²) in [6, 6.07) is 18.1. The minimum absolute atomic E-state index is 0.214. The Hall–Kier alpha value is -2.40. The monoisotopic (exact) mass is 419 g/mol. The molecule has 0 spiro atoms. The molecule has 4 nitrogen and oxygen atoms in total. The lowest BCUT2D eigenvalue weighted by atomic mass is 9.53. The summed E-state index contributed by atoms with van der Waals surface area (Å²) in [5.74, 6) is 3.55. The number of nitrogens with zero attached hydrogens (tertiary/aromatic N) is 1. The Balaban J connectivity index is 1.10. The van der Waals surface area contributed by atoms with Gasteiger partial charge in [-0.2, -0.15) is 5.10 Å². The second kappa shape index (κ2) is 8.38. The fourth-order valence-corrected chi connectivity index (χ4v) is 6.36. The van der Waals surface area contributed by atoms with Gasteiger partial charge < -0.3 is 10.1 Å². The van der Waals surface area contributed by atoms with Crippen molar-refractivity contribution >= 4 is 23.5 Å². The van der Waals surface area contributed by atoms with Crippen LogP contribution in [0.5, 0.6) is 5.75 Å². The molecule has 4 saturated carbocycles. The van der Waals surface area contributed by atoms with E-state index in [9.17, 15) is 0 Å².